The highest BCUT2D eigenvalue weighted by Crippen LogP contribution is 2.00. The van der Waals surface area contributed by atoms with Crippen molar-refractivity contribution in [3.8, 4) is 0 Å². The minimum atomic E-state index is -0.967. The summed E-state index contributed by atoms with van der Waals surface area (Å²) in [6.07, 6.45) is 4.81. The molecule has 0 rings (SSSR count). The number of unbranched alkanes of at least 4 members (excludes halogenated alkanes) is 1. The Kier molecular flexibility index (Phi) is 7.61. The first-order valence-electron chi connectivity index (χ1n) is 4.57. The first kappa shape index (κ1) is 12.0. The van der Waals surface area contributed by atoms with Gasteiger partial charge in [-0.25, -0.2) is 0 Å². The molecule has 0 bridgehead atoms. The monoisotopic (exact) mass is 189 g/mol. The van der Waals surface area contributed by atoms with Gasteiger partial charge < -0.3 is 4.55 Å². The normalized spacial score (nSPS) is 14.4. The molecule has 0 spiro atoms. The molecule has 2 nitrogen and oxygen atoms in total. The molecule has 0 heterocycles. The van der Waals surface area contributed by atoms with Crippen LogP contribution in [0.15, 0.2) is 4.40 Å². The van der Waals surface area contributed by atoms with Crippen LogP contribution in [-0.2, 0) is 11.4 Å². The SMILES string of the molecule is CCCC[S+]([O-])N=CCC(C)C. The van der Waals surface area contributed by atoms with Crippen molar-refractivity contribution < 1.29 is 4.55 Å². The average Bonchev–Trinajstić information content (AvgIpc) is 2.00. The average molecular weight is 189 g/mol. The van der Waals surface area contributed by atoms with Crippen LogP contribution in [-0.4, -0.2) is 16.5 Å². The van der Waals surface area contributed by atoms with Gasteiger partial charge in [0.2, 0.25) is 0 Å². The van der Waals surface area contributed by atoms with Crippen LogP contribution >= 0.6 is 0 Å². The molecular weight excluding hydrogens is 170 g/mol. The van der Waals surface area contributed by atoms with E-state index in [4.69, 9.17) is 0 Å². The molecule has 3 heteroatoms. The third-order valence-electron chi connectivity index (χ3n) is 1.44. The van der Waals surface area contributed by atoms with Crippen LogP contribution in [0.4, 0.5) is 0 Å². The Morgan fingerprint density at radius 2 is 2.17 bits per heavy atom. The van der Waals surface area contributed by atoms with Crippen LogP contribution in [0.3, 0.4) is 0 Å². The van der Waals surface area contributed by atoms with E-state index >= 15 is 0 Å². The van der Waals surface area contributed by atoms with Crippen LogP contribution < -0.4 is 0 Å². The highest BCUT2D eigenvalue weighted by molar-refractivity contribution is 7.90. The third-order valence-corrected chi connectivity index (χ3v) is 2.46. The van der Waals surface area contributed by atoms with Crippen molar-refractivity contribution in [1.29, 1.82) is 0 Å². The number of hydrogen-bond donors (Lipinski definition) is 0. The molecule has 0 aromatic heterocycles. The van der Waals surface area contributed by atoms with Crippen LogP contribution in [0, 0.1) is 5.92 Å². The van der Waals surface area contributed by atoms with Gasteiger partial charge in [0, 0.05) is 0 Å². The minimum Gasteiger partial charge on any atom is -0.591 e. The zero-order valence-corrected chi connectivity index (χ0v) is 9.06. The van der Waals surface area contributed by atoms with E-state index in [0.717, 1.165) is 19.3 Å². The van der Waals surface area contributed by atoms with Crippen molar-refractivity contribution in [2.24, 2.45) is 10.3 Å². The van der Waals surface area contributed by atoms with Crippen molar-refractivity contribution in [3.05, 3.63) is 0 Å². The summed E-state index contributed by atoms with van der Waals surface area (Å²) in [7, 11) is 0. The van der Waals surface area contributed by atoms with Crippen LogP contribution in [0.1, 0.15) is 40.0 Å². The van der Waals surface area contributed by atoms with Gasteiger partial charge in [-0.2, -0.15) is 0 Å². The summed E-state index contributed by atoms with van der Waals surface area (Å²) in [6.45, 7) is 6.34. The summed E-state index contributed by atoms with van der Waals surface area (Å²) in [4.78, 5) is 0. The van der Waals surface area contributed by atoms with Gasteiger partial charge in [0.05, 0.1) is 17.6 Å². The van der Waals surface area contributed by atoms with Gasteiger partial charge in [-0.15, -0.1) is 0 Å². The molecule has 0 radical (unpaired) electrons. The van der Waals surface area contributed by atoms with Gasteiger partial charge in [0.1, 0.15) is 5.75 Å². The number of rotatable bonds is 6. The lowest BCUT2D eigenvalue weighted by Gasteiger charge is -2.01. The van der Waals surface area contributed by atoms with Crippen LogP contribution in [0.25, 0.3) is 0 Å². The molecule has 72 valence electrons. The molecule has 0 aromatic carbocycles. The summed E-state index contributed by atoms with van der Waals surface area (Å²) in [5.74, 6) is 1.32. The highest BCUT2D eigenvalue weighted by atomic mass is 32.2. The molecule has 0 aliphatic carbocycles. The molecule has 0 amide bonds. The zero-order chi connectivity index (χ0) is 9.40. The Hall–Kier alpha value is -0.0200. The number of hydrogen-bond acceptors (Lipinski definition) is 2. The standard InChI is InChI=1S/C9H19NOS/c1-4-5-8-12(11)10-7-6-9(2)3/h7,9H,4-6,8H2,1-3H3. The van der Waals surface area contributed by atoms with E-state index in [1.807, 2.05) is 0 Å². The van der Waals surface area contributed by atoms with Crippen molar-refractivity contribution in [2.75, 3.05) is 5.75 Å². The molecule has 0 N–H and O–H groups in total. The maximum atomic E-state index is 11.1. The van der Waals surface area contributed by atoms with E-state index in [9.17, 15) is 4.55 Å². The van der Waals surface area contributed by atoms with Crippen molar-refractivity contribution in [2.45, 2.75) is 40.0 Å². The van der Waals surface area contributed by atoms with E-state index in [0.29, 0.717) is 11.7 Å². The predicted molar refractivity (Wildman–Crippen MR) is 55.9 cm³/mol. The van der Waals surface area contributed by atoms with E-state index in [-0.39, 0.29) is 0 Å². The minimum absolute atomic E-state index is 0.608. The van der Waals surface area contributed by atoms with E-state index in [2.05, 4.69) is 25.2 Å². The first-order valence-corrected chi connectivity index (χ1v) is 5.85. The summed E-state index contributed by atoms with van der Waals surface area (Å²) < 4.78 is 15.0. The second kappa shape index (κ2) is 7.62. The van der Waals surface area contributed by atoms with Crippen molar-refractivity contribution in [1.82, 2.24) is 0 Å². The molecule has 0 saturated carbocycles. The fourth-order valence-electron chi connectivity index (χ4n) is 0.658. The Bertz CT molecular complexity index is 126. The Morgan fingerprint density at radius 3 is 2.67 bits per heavy atom. The van der Waals surface area contributed by atoms with Gasteiger partial charge in [-0.3, -0.25) is 0 Å². The van der Waals surface area contributed by atoms with Crippen molar-refractivity contribution in [3.63, 3.8) is 0 Å². The molecule has 0 aromatic rings. The Labute approximate surface area is 78.8 Å². The molecule has 1 unspecified atom stereocenters. The van der Waals surface area contributed by atoms with Crippen LogP contribution in [0.5, 0.6) is 0 Å². The van der Waals surface area contributed by atoms with E-state index in [1.165, 1.54) is 0 Å². The Morgan fingerprint density at radius 1 is 1.50 bits per heavy atom. The fraction of sp³-hybridized carbons (Fsp3) is 0.889. The van der Waals surface area contributed by atoms with Gasteiger partial charge >= 0.3 is 0 Å². The van der Waals surface area contributed by atoms with Gasteiger partial charge in [-0.1, -0.05) is 31.6 Å². The molecule has 0 fully saturated rings. The molecular formula is C9H19NOS. The lowest BCUT2D eigenvalue weighted by atomic mass is 10.2. The maximum absolute atomic E-state index is 11.1. The van der Waals surface area contributed by atoms with E-state index in [1.54, 1.807) is 6.21 Å². The third kappa shape index (κ3) is 8.08. The van der Waals surface area contributed by atoms with Gasteiger partial charge in [0.15, 0.2) is 0 Å². The predicted octanol–water partition coefficient (Wildman–Crippen LogP) is 2.57. The maximum Gasteiger partial charge on any atom is 0.133 e. The molecule has 0 saturated heterocycles. The summed E-state index contributed by atoms with van der Waals surface area (Å²) in [6, 6.07) is 0. The second-order valence-electron chi connectivity index (χ2n) is 3.30. The van der Waals surface area contributed by atoms with Crippen LogP contribution in [0.2, 0.25) is 0 Å². The van der Waals surface area contributed by atoms with E-state index < -0.39 is 11.4 Å². The van der Waals surface area contributed by atoms with Gasteiger partial charge in [-0.05, 0) is 18.8 Å². The highest BCUT2D eigenvalue weighted by Gasteiger charge is 2.00. The smallest absolute Gasteiger partial charge is 0.133 e. The number of nitrogens with zero attached hydrogens (tertiary/aromatic N) is 1. The molecule has 0 aliphatic heterocycles. The molecule has 1 atom stereocenters. The van der Waals surface area contributed by atoms with Gasteiger partial charge in [0.25, 0.3) is 0 Å². The fourth-order valence-corrected chi connectivity index (χ4v) is 1.55. The first-order chi connectivity index (χ1) is 5.66. The Balaban J connectivity index is 3.39. The summed E-state index contributed by atoms with van der Waals surface area (Å²) in [5.41, 5.74) is 0. The lowest BCUT2D eigenvalue weighted by molar-refractivity contribution is 0.593. The van der Waals surface area contributed by atoms with Crippen molar-refractivity contribution >= 4 is 17.6 Å². The second-order valence-corrected chi connectivity index (χ2v) is 4.56. The quantitative estimate of drug-likeness (QED) is 0.467. The zero-order valence-electron chi connectivity index (χ0n) is 8.25. The lowest BCUT2D eigenvalue weighted by Crippen LogP contribution is -2.02. The largest absolute Gasteiger partial charge is 0.591 e. The summed E-state index contributed by atoms with van der Waals surface area (Å²) >= 11 is -0.967. The molecule has 12 heavy (non-hydrogen) atoms. The molecule has 0 aliphatic rings. The summed E-state index contributed by atoms with van der Waals surface area (Å²) in [5, 5.41) is 0. The topological polar surface area (TPSA) is 35.4 Å².